The molecule has 0 spiro atoms. The van der Waals surface area contributed by atoms with Crippen molar-refractivity contribution in [2.45, 2.75) is 52.4 Å². The smallest absolute Gasteiger partial charge is 0.0736 e. The van der Waals surface area contributed by atoms with Crippen molar-refractivity contribution >= 4 is 64.1 Å². The quantitative estimate of drug-likeness (QED) is 0.167. The molecule has 0 radical (unpaired) electrons. The second-order valence-corrected chi connectivity index (χ2v) is 20.2. The summed E-state index contributed by atoms with van der Waals surface area (Å²) >= 11 is 7.92. The van der Waals surface area contributed by atoms with Crippen molar-refractivity contribution < 1.29 is 0 Å². The maximum atomic E-state index is 2.65. The predicted octanol–water partition coefficient (Wildman–Crippen LogP) is 14.8. The van der Waals surface area contributed by atoms with Crippen LogP contribution in [0.25, 0.3) is 39.7 Å². The Labute approximate surface area is 333 Å². The molecule has 0 saturated carbocycles. The van der Waals surface area contributed by atoms with Crippen LogP contribution in [0.15, 0.2) is 121 Å². The fraction of sp³-hybridized carbons (Fsp3) is 0.160. The van der Waals surface area contributed by atoms with Crippen molar-refractivity contribution in [2.24, 2.45) is 0 Å². The molecule has 0 aliphatic heterocycles. The van der Waals surface area contributed by atoms with Crippen LogP contribution in [0, 0.1) is 41.5 Å². The van der Waals surface area contributed by atoms with Gasteiger partial charge in [-0.15, -0.1) is 45.3 Å². The molecule has 4 heteroatoms. The lowest BCUT2D eigenvalue weighted by molar-refractivity contribution is 0.766. The summed E-state index contributed by atoms with van der Waals surface area (Å²) in [7, 11) is 0. The maximum Gasteiger partial charge on any atom is 0.0736 e. The van der Waals surface area contributed by atoms with Gasteiger partial charge in [-0.1, -0.05) is 119 Å². The molecule has 0 amide bonds. The second kappa shape index (κ2) is 11.5. The van der Waals surface area contributed by atoms with Crippen molar-refractivity contribution in [1.82, 2.24) is 0 Å². The van der Waals surface area contributed by atoms with Gasteiger partial charge in [0.2, 0.25) is 0 Å². The molecule has 9 aromatic rings. The minimum absolute atomic E-state index is 0.457. The lowest BCUT2D eigenvalue weighted by Gasteiger charge is -2.35. The van der Waals surface area contributed by atoms with Crippen molar-refractivity contribution in [2.75, 3.05) is 0 Å². The van der Waals surface area contributed by atoms with Gasteiger partial charge in [-0.05, 0) is 110 Å². The number of rotatable bonds is 4. The molecular formula is C50H38S4. The SMILES string of the molecule is Cc1ccc(C2(c3ccc(C)cc3)c3cc4c(cc3-c3sc5cc(C)sc5c32)C(c2ccc(C)cc2)(c2ccc(C)cc2)c2c-4sc3cc(C)sc23)cc1. The Morgan fingerprint density at radius 2 is 0.648 bits per heavy atom. The first-order valence-corrected chi connectivity index (χ1v) is 22.0. The number of hydrogen-bond acceptors (Lipinski definition) is 4. The highest BCUT2D eigenvalue weighted by molar-refractivity contribution is 7.30. The number of aryl methyl sites for hydroxylation is 6. The molecule has 4 aromatic heterocycles. The lowest BCUT2D eigenvalue weighted by atomic mass is 9.65. The summed E-state index contributed by atoms with van der Waals surface area (Å²) < 4.78 is 5.66. The van der Waals surface area contributed by atoms with Gasteiger partial charge in [-0.3, -0.25) is 0 Å². The Morgan fingerprint density at radius 1 is 0.352 bits per heavy atom. The zero-order valence-electron chi connectivity index (χ0n) is 31.2. The summed E-state index contributed by atoms with van der Waals surface area (Å²) in [5.74, 6) is 0. The molecule has 262 valence electrons. The van der Waals surface area contributed by atoms with E-state index in [0.717, 1.165) is 0 Å². The normalized spacial score (nSPS) is 14.8. The summed E-state index contributed by atoms with van der Waals surface area (Å²) in [5.41, 5.74) is 18.1. The number of benzene rings is 5. The Hall–Kier alpha value is -4.58. The van der Waals surface area contributed by atoms with E-state index >= 15 is 0 Å². The molecule has 5 aromatic carbocycles. The molecule has 0 unspecified atom stereocenters. The zero-order chi connectivity index (χ0) is 36.7. The monoisotopic (exact) mass is 766 g/mol. The second-order valence-electron chi connectivity index (χ2n) is 15.6. The average Bonchev–Trinajstić information content (AvgIpc) is 3.98. The van der Waals surface area contributed by atoms with Gasteiger partial charge in [0.1, 0.15) is 0 Å². The van der Waals surface area contributed by atoms with Gasteiger partial charge in [0.15, 0.2) is 0 Å². The van der Waals surface area contributed by atoms with E-state index in [1.165, 1.54) is 116 Å². The van der Waals surface area contributed by atoms with Crippen LogP contribution >= 0.6 is 45.3 Å². The molecule has 4 heterocycles. The topological polar surface area (TPSA) is 0 Å². The summed E-state index contributed by atoms with van der Waals surface area (Å²) in [5, 5.41) is 0. The molecule has 54 heavy (non-hydrogen) atoms. The van der Waals surface area contributed by atoms with Gasteiger partial charge in [-0.2, -0.15) is 0 Å². The third kappa shape index (κ3) is 4.23. The molecule has 0 bridgehead atoms. The van der Waals surface area contributed by atoms with E-state index < -0.39 is 10.8 Å². The van der Waals surface area contributed by atoms with Crippen molar-refractivity contribution in [1.29, 1.82) is 0 Å². The van der Waals surface area contributed by atoms with Crippen molar-refractivity contribution in [3.8, 4) is 20.9 Å². The molecule has 2 aliphatic carbocycles. The molecule has 0 saturated heterocycles. The first kappa shape index (κ1) is 32.8. The van der Waals surface area contributed by atoms with Crippen LogP contribution in [0.4, 0.5) is 0 Å². The molecule has 2 aliphatic rings. The molecule has 0 N–H and O–H groups in total. The van der Waals surface area contributed by atoms with E-state index in [1.807, 2.05) is 45.3 Å². The molecule has 11 rings (SSSR count). The minimum atomic E-state index is -0.457. The highest BCUT2D eigenvalue weighted by atomic mass is 32.1. The van der Waals surface area contributed by atoms with Crippen LogP contribution in [-0.2, 0) is 10.8 Å². The third-order valence-corrected chi connectivity index (χ3v) is 16.9. The van der Waals surface area contributed by atoms with Gasteiger partial charge in [0, 0.05) is 40.0 Å². The zero-order valence-corrected chi connectivity index (χ0v) is 34.4. The number of fused-ring (bicyclic) bond motifs is 10. The van der Waals surface area contributed by atoms with E-state index in [1.54, 1.807) is 0 Å². The summed E-state index contributed by atoms with van der Waals surface area (Å²) in [6.07, 6.45) is 0. The average molecular weight is 767 g/mol. The fourth-order valence-electron chi connectivity index (χ4n) is 9.68. The Morgan fingerprint density at radius 3 is 0.944 bits per heavy atom. The summed E-state index contributed by atoms with van der Waals surface area (Å²) in [6.45, 7) is 13.4. The predicted molar refractivity (Wildman–Crippen MR) is 236 cm³/mol. The largest absolute Gasteiger partial charge is 0.139 e. The Kier molecular flexibility index (Phi) is 6.97. The highest BCUT2D eigenvalue weighted by Gasteiger charge is 2.54. The van der Waals surface area contributed by atoms with E-state index in [9.17, 15) is 0 Å². The van der Waals surface area contributed by atoms with Crippen LogP contribution < -0.4 is 0 Å². The standard InChI is InChI=1S/C50H38S4/c1-27-7-15-33(16-8-27)49(34-17-9-28(2)10-18-34)39-25-38-40(26-37(39)45-43(49)47-41(53-45)23-31(5)51-47)50(35-19-11-29(3)12-20-35,36-21-13-30(4)14-22-36)44-46(38)54-42-24-32(6)52-48(42)44/h7-26H,1-6H3. The van der Waals surface area contributed by atoms with E-state index in [2.05, 4.69) is 163 Å². The molecule has 0 nitrogen and oxygen atoms in total. The maximum absolute atomic E-state index is 2.65. The minimum Gasteiger partial charge on any atom is -0.139 e. The van der Waals surface area contributed by atoms with Gasteiger partial charge in [0.25, 0.3) is 0 Å². The molecule has 0 fully saturated rings. The van der Waals surface area contributed by atoms with E-state index in [4.69, 9.17) is 0 Å². The van der Waals surface area contributed by atoms with Gasteiger partial charge < -0.3 is 0 Å². The lowest BCUT2D eigenvalue weighted by Crippen LogP contribution is -2.30. The van der Waals surface area contributed by atoms with Crippen LogP contribution in [0.2, 0.25) is 0 Å². The first-order chi connectivity index (χ1) is 26.2. The Bertz CT molecular complexity index is 2660. The fourth-order valence-corrected chi connectivity index (χ4v) is 15.1. The van der Waals surface area contributed by atoms with Gasteiger partial charge >= 0.3 is 0 Å². The third-order valence-electron chi connectivity index (χ3n) is 12.1. The van der Waals surface area contributed by atoms with Crippen LogP contribution in [-0.4, -0.2) is 0 Å². The van der Waals surface area contributed by atoms with E-state index in [-0.39, 0.29) is 0 Å². The van der Waals surface area contributed by atoms with Crippen LogP contribution in [0.3, 0.4) is 0 Å². The Balaban J connectivity index is 1.34. The summed E-state index contributed by atoms with van der Waals surface area (Å²) in [4.78, 5) is 5.58. The van der Waals surface area contributed by atoms with Gasteiger partial charge in [0.05, 0.1) is 20.2 Å². The molecular weight excluding hydrogens is 729 g/mol. The van der Waals surface area contributed by atoms with Crippen LogP contribution in [0.1, 0.15) is 76.5 Å². The van der Waals surface area contributed by atoms with Crippen molar-refractivity contribution in [3.63, 3.8) is 0 Å². The first-order valence-electron chi connectivity index (χ1n) is 18.7. The van der Waals surface area contributed by atoms with Gasteiger partial charge in [-0.25, -0.2) is 0 Å². The number of thiophene rings is 4. The number of hydrogen-bond donors (Lipinski definition) is 0. The molecule has 0 atom stereocenters. The van der Waals surface area contributed by atoms with Crippen molar-refractivity contribution in [3.05, 3.63) is 198 Å². The van der Waals surface area contributed by atoms with Crippen LogP contribution in [0.5, 0.6) is 0 Å². The summed E-state index contributed by atoms with van der Waals surface area (Å²) in [6, 6.07) is 47.9. The van der Waals surface area contributed by atoms with E-state index in [0.29, 0.717) is 0 Å². The highest BCUT2D eigenvalue weighted by Crippen LogP contribution is 2.67.